The second-order valence-electron chi connectivity index (χ2n) is 5.14. The van der Waals surface area contributed by atoms with Crippen molar-refractivity contribution in [3.8, 4) is 0 Å². The number of piperazine rings is 1. The zero-order valence-electron chi connectivity index (χ0n) is 10.2. The van der Waals surface area contributed by atoms with Crippen LogP contribution in [0.2, 0.25) is 0 Å². The monoisotopic (exact) mass is 233 g/mol. The van der Waals surface area contributed by atoms with Crippen LogP contribution < -0.4 is 5.32 Å². The summed E-state index contributed by atoms with van der Waals surface area (Å²) in [7, 11) is 0. The van der Waals surface area contributed by atoms with Gasteiger partial charge in [0.25, 0.3) is 5.91 Å². The Balaban J connectivity index is 1.78. The molecule has 0 spiro atoms. The van der Waals surface area contributed by atoms with Gasteiger partial charge in [0.2, 0.25) is 0 Å². The van der Waals surface area contributed by atoms with Crippen LogP contribution in [0.5, 0.6) is 0 Å². The summed E-state index contributed by atoms with van der Waals surface area (Å²) in [6.07, 6.45) is 4.47. The van der Waals surface area contributed by atoms with Crippen molar-refractivity contribution in [2.24, 2.45) is 0 Å². The average Bonchev–Trinajstić information content (AvgIpc) is 3.06. The first-order chi connectivity index (χ1) is 8.25. The van der Waals surface area contributed by atoms with Crippen molar-refractivity contribution >= 4 is 5.91 Å². The molecule has 1 saturated heterocycles. The summed E-state index contributed by atoms with van der Waals surface area (Å²) in [6.45, 7) is 4.66. The van der Waals surface area contributed by atoms with E-state index in [1.54, 1.807) is 0 Å². The maximum atomic E-state index is 12.4. The zero-order valence-corrected chi connectivity index (χ0v) is 10.2. The minimum Gasteiger partial charge on any atom is -0.340 e. The number of hydrogen-bond donors (Lipinski definition) is 1. The molecule has 1 unspecified atom stereocenters. The van der Waals surface area contributed by atoms with E-state index in [0.29, 0.717) is 12.1 Å². The van der Waals surface area contributed by atoms with Gasteiger partial charge in [0.05, 0.1) is 0 Å². The average molecular weight is 233 g/mol. The lowest BCUT2D eigenvalue weighted by Gasteiger charge is -2.32. The third-order valence-electron chi connectivity index (χ3n) is 3.59. The second kappa shape index (κ2) is 4.18. The molecule has 2 heterocycles. The third-order valence-corrected chi connectivity index (χ3v) is 3.59. The molecule has 1 saturated carbocycles. The summed E-state index contributed by atoms with van der Waals surface area (Å²) < 4.78 is 2.15. The molecule has 0 bridgehead atoms. The molecule has 1 N–H and O–H groups in total. The molecule has 17 heavy (non-hydrogen) atoms. The van der Waals surface area contributed by atoms with E-state index in [2.05, 4.69) is 16.8 Å². The molecule has 1 aliphatic carbocycles. The molecule has 4 nitrogen and oxygen atoms in total. The van der Waals surface area contributed by atoms with Crippen LogP contribution in [-0.4, -0.2) is 41.1 Å². The summed E-state index contributed by atoms with van der Waals surface area (Å²) in [5, 5.41) is 3.36. The van der Waals surface area contributed by atoms with Gasteiger partial charge in [0.15, 0.2) is 0 Å². The van der Waals surface area contributed by atoms with Gasteiger partial charge in [-0.2, -0.15) is 0 Å². The predicted octanol–water partition coefficient (Wildman–Crippen LogP) is 1.26. The van der Waals surface area contributed by atoms with Gasteiger partial charge in [0.1, 0.15) is 5.69 Å². The largest absolute Gasteiger partial charge is 0.340 e. The number of amides is 1. The lowest BCUT2D eigenvalue weighted by molar-refractivity contribution is 0.0698. The van der Waals surface area contributed by atoms with Gasteiger partial charge >= 0.3 is 0 Å². The SMILES string of the molecule is CC1CN(C(=O)c2cccn2C2CC2)CCN1. The number of carbonyl (C=O) groups is 1. The Morgan fingerprint density at radius 3 is 3.00 bits per heavy atom. The standard InChI is InChI=1S/C13H19N3O/c1-10-9-15(8-6-14-10)13(17)12-3-2-7-16(12)11-4-5-11/h2-3,7,10-11,14H,4-6,8-9H2,1H3. The summed E-state index contributed by atoms with van der Waals surface area (Å²) >= 11 is 0. The summed E-state index contributed by atoms with van der Waals surface area (Å²) in [6, 6.07) is 4.91. The van der Waals surface area contributed by atoms with Crippen LogP contribution in [-0.2, 0) is 0 Å². The van der Waals surface area contributed by atoms with E-state index in [1.807, 2.05) is 23.2 Å². The normalized spacial score (nSPS) is 25.0. The number of hydrogen-bond acceptors (Lipinski definition) is 2. The maximum absolute atomic E-state index is 12.4. The highest BCUT2D eigenvalue weighted by molar-refractivity contribution is 5.93. The fourth-order valence-electron chi connectivity index (χ4n) is 2.52. The first-order valence-corrected chi connectivity index (χ1v) is 6.45. The molecular formula is C13H19N3O. The van der Waals surface area contributed by atoms with Gasteiger partial charge in [-0.05, 0) is 31.9 Å². The van der Waals surface area contributed by atoms with Crippen LogP contribution in [0.15, 0.2) is 18.3 Å². The third kappa shape index (κ3) is 2.09. The lowest BCUT2D eigenvalue weighted by Crippen LogP contribution is -2.51. The van der Waals surface area contributed by atoms with Crippen LogP contribution in [0.3, 0.4) is 0 Å². The molecule has 1 aromatic rings. The number of aromatic nitrogens is 1. The molecule has 0 aromatic carbocycles. The molecule has 1 aromatic heterocycles. The van der Waals surface area contributed by atoms with Crippen LogP contribution >= 0.6 is 0 Å². The van der Waals surface area contributed by atoms with Crippen LogP contribution in [0.25, 0.3) is 0 Å². The van der Waals surface area contributed by atoms with E-state index in [1.165, 1.54) is 12.8 Å². The van der Waals surface area contributed by atoms with Crippen molar-refractivity contribution in [3.05, 3.63) is 24.0 Å². The second-order valence-corrected chi connectivity index (χ2v) is 5.14. The molecule has 1 aliphatic heterocycles. The highest BCUT2D eigenvalue weighted by Crippen LogP contribution is 2.36. The highest BCUT2D eigenvalue weighted by atomic mass is 16.2. The van der Waals surface area contributed by atoms with Crippen LogP contribution in [0, 0.1) is 0 Å². The minimum absolute atomic E-state index is 0.190. The first-order valence-electron chi connectivity index (χ1n) is 6.45. The predicted molar refractivity (Wildman–Crippen MR) is 66.1 cm³/mol. The first kappa shape index (κ1) is 10.8. The molecule has 2 aliphatic rings. The van der Waals surface area contributed by atoms with Crippen LogP contribution in [0.1, 0.15) is 36.3 Å². The van der Waals surface area contributed by atoms with Crippen molar-refractivity contribution < 1.29 is 4.79 Å². The van der Waals surface area contributed by atoms with Gasteiger partial charge in [-0.3, -0.25) is 4.79 Å². The van der Waals surface area contributed by atoms with Gasteiger partial charge in [-0.1, -0.05) is 0 Å². The van der Waals surface area contributed by atoms with Gasteiger partial charge < -0.3 is 14.8 Å². The Kier molecular flexibility index (Phi) is 2.67. The van der Waals surface area contributed by atoms with Crippen molar-refractivity contribution in [2.45, 2.75) is 31.8 Å². The molecule has 3 rings (SSSR count). The lowest BCUT2D eigenvalue weighted by atomic mass is 10.2. The molecule has 1 amide bonds. The number of carbonyl (C=O) groups excluding carboxylic acids is 1. The Hall–Kier alpha value is -1.29. The van der Waals surface area contributed by atoms with Crippen molar-refractivity contribution in [2.75, 3.05) is 19.6 Å². The quantitative estimate of drug-likeness (QED) is 0.835. The summed E-state index contributed by atoms with van der Waals surface area (Å²) in [5.41, 5.74) is 0.863. The highest BCUT2D eigenvalue weighted by Gasteiger charge is 2.29. The molecule has 2 fully saturated rings. The zero-order chi connectivity index (χ0) is 11.8. The Bertz CT molecular complexity index is 422. The van der Waals surface area contributed by atoms with Gasteiger partial charge in [-0.15, -0.1) is 0 Å². The van der Waals surface area contributed by atoms with Gasteiger partial charge in [0, 0.05) is 37.9 Å². The van der Waals surface area contributed by atoms with E-state index in [4.69, 9.17) is 0 Å². The Labute approximate surface area is 102 Å². The fraction of sp³-hybridized carbons (Fsp3) is 0.615. The molecular weight excluding hydrogens is 214 g/mol. The van der Waals surface area contributed by atoms with E-state index in [0.717, 1.165) is 25.3 Å². The number of rotatable bonds is 2. The molecule has 4 heteroatoms. The summed E-state index contributed by atoms with van der Waals surface area (Å²) in [4.78, 5) is 14.4. The van der Waals surface area contributed by atoms with E-state index < -0.39 is 0 Å². The molecule has 92 valence electrons. The van der Waals surface area contributed by atoms with E-state index >= 15 is 0 Å². The molecule has 0 radical (unpaired) electrons. The van der Waals surface area contributed by atoms with Gasteiger partial charge in [-0.25, -0.2) is 0 Å². The number of nitrogens with zero attached hydrogens (tertiary/aromatic N) is 2. The smallest absolute Gasteiger partial charge is 0.270 e. The maximum Gasteiger partial charge on any atom is 0.270 e. The van der Waals surface area contributed by atoms with E-state index in [-0.39, 0.29) is 5.91 Å². The Morgan fingerprint density at radius 1 is 1.47 bits per heavy atom. The number of nitrogens with one attached hydrogen (secondary N) is 1. The molecule has 1 atom stereocenters. The van der Waals surface area contributed by atoms with Crippen molar-refractivity contribution in [3.63, 3.8) is 0 Å². The Morgan fingerprint density at radius 2 is 2.29 bits per heavy atom. The van der Waals surface area contributed by atoms with E-state index in [9.17, 15) is 4.79 Å². The summed E-state index contributed by atoms with van der Waals surface area (Å²) in [5.74, 6) is 0.190. The minimum atomic E-state index is 0.190. The topological polar surface area (TPSA) is 37.3 Å². The van der Waals surface area contributed by atoms with Crippen molar-refractivity contribution in [1.82, 2.24) is 14.8 Å². The fourth-order valence-corrected chi connectivity index (χ4v) is 2.52. The van der Waals surface area contributed by atoms with Crippen LogP contribution in [0.4, 0.5) is 0 Å². The van der Waals surface area contributed by atoms with Crippen molar-refractivity contribution in [1.29, 1.82) is 0 Å².